The standard InChI is InChI=1S/C12H13Cl2NO3/c1-12(17)5-15(6-12)11(16)7-3-8(13)10(18-2)9(14)4-7/h3-4,17H,5-6H2,1-2H3. The number of aliphatic hydroxyl groups is 1. The van der Waals surface area contributed by atoms with Crippen molar-refractivity contribution in [2.75, 3.05) is 20.2 Å². The Morgan fingerprint density at radius 2 is 1.89 bits per heavy atom. The molecule has 0 aromatic heterocycles. The van der Waals surface area contributed by atoms with Crippen molar-refractivity contribution < 1.29 is 14.6 Å². The summed E-state index contributed by atoms with van der Waals surface area (Å²) in [7, 11) is 1.46. The van der Waals surface area contributed by atoms with Crippen LogP contribution in [0.5, 0.6) is 5.75 Å². The highest BCUT2D eigenvalue weighted by Gasteiger charge is 2.39. The van der Waals surface area contributed by atoms with Crippen LogP contribution >= 0.6 is 23.2 Å². The minimum Gasteiger partial charge on any atom is -0.494 e. The number of amides is 1. The summed E-state index contributed by atoms with van der Waals surface area (Å²) in [6.45, 7) is 2.31. The van der Waals surface area contributed by atoms with Crippen LogP contribution in [0.15, 0.2) is 12.1 Å². The van der Waals surface area contributed by atoms with Crippen molar-refractivity contribution in [1.82, 2.24) is 4.90 Å². The molecular weight excluding hydrogens is 277 g/mol. The molecule has 0 saturated carbocycles. The third-order valence-corrected chi connectivity index (χ3v) is 3.36. The maximum Gasteiger partial charge on any atom is 0.254 e. The molecule has 0 radical (unpaired) electrons. The SMILES string of the molecule is COc1c(Cl)cc(C(=O)N2CC(C)(O)C2)cc1Cl. The first-order chi connectivity index (χ1) is 8.34. The number of nitrogens with zero attached hydrogens (tertiary/aromatic N) is 1. The van der Waals surface area contributed by atoms with Gasteiger partial charge in [0, 0.05) is 5.56 Å². The third kappa shape index (κ3) is 2.41. The molecule has 1 N–H and O–H groups in total. The van der Waals surface area contributed by atoms with E-state index in [-0.39, 0.29) is 5.91 Å². The van der Waals surface area contributed by atoms with Gasteiger partial charge in [-0.15, -0.1) is 0 Å². The van der Waals surface area contributed by atoms with Gasteiger partial charge >= 0.3 is 0 Å². The zero-order chi connectivity index (χ0) is 13.5. The summed E-state index contributed by atoms with van der Waals surface area (Å²) < 4.78 is 5.02. The van der Waals surface area contributed by atoms with Gasteiger partial charge in [-0.3, -0.25) is 4.79 Å². The number of likely N-dealkylation sites (tertiary alicyclic amines) is 1. The van der Waals surface area contributed by atoms with E-state index in [4.69, 9.17) is 27.9 Å². The van der Waals surface area contributed by atoms with E-state index in [0.717, 1.165) is 0 Å². The normalized spacial score (nSPS) is 17.3. The predicted molar refractivity (Wildman–Crippen MR) is 69.5 cm³/mol. The number of halogens is 2. The third-order valence-electron chi connectivity index (χ3n) is 2.80. The number of hydrogen-bond acceptors (Lipinski definition) is 3. The van der Waals surface area contributed by atoms with E-state index >= 15 is 0 Å². The maximum atomic E-state index is 12.1. The minimum atomic E-state index is -0.796. The molecule has 1 amide bonds. The lowest BCUT2D eigenvalue weighted by atomic mass is 9.96. The van der Waals surface area contributed by atoms with E-state index in [1.165, 1.54) is 24.1 Å². The van der Waals surface area contributed by atoms with Crippen molar-refractivity contribution >= 4 is 29.1 Å². The summed E-state index contributed by atoms with van der Waals surface area (Å²) in [4.78, 5) is 13.6. The van der Waals surface area contributed by atoms with Gasteiger partial charge in [0.05, 0.1) is 35.8 Å². The Morgan fingerprint density at radius 3 is 2.28 bits per heavy atom. The van der Waals surface area contributed by atoms with E-state index in [1.54, 1.807) is 6.92 Å². The second kappa shape index (κ2) is 4.61. The van der Waals surface area contributed by atoms with Crippen LogP contribution in [0.1, 0.15) is 17.3 Å². The highest BCUT2D eigenvalue weighted by atomic mass is 35.5. The fraction of sp³-hybridized carbons (Fsp3) is 0.417. The van der Waals surface area contributed by atoms with E-state index in [0.29, 0.717) is 34.4 Å². The average molecular weight is 290 g/mol. The molecule has 1 aromatic rings. The molecule has 1 heterocycles. The smallest absolute Gasteiger partial charge is 0.254 e. The molecule has 2 rings (SSSR count). The molecule has 0 spiro atoms. The van der Waals surface area contributed by atoms with Gasteiger partial charge in [0.25, 0.3) is 5.91 Å². The molecule has 0 atom stereocenters. The molecular formula is C12H13Cl2NO3. The zero-order valence-electron chi connectivity index (χ0n) is 10.0. The van der Waals surface area contributed by atoms with Gasteiger partial charge in [-0.2, -0.15) is 0 Å². The highest BCUT2D eigenvalue weighted by Crippen LogP contribution is 2.34. The lowest BCUT2D eigenvalue weighted by molar-refractivity contribution is -0.0668. The van der Waals surface area contributed by atoms with E-state index < -0.39 is 5.60 Å². The van der Waals surface area contributed by atoms with Crippen LogP contribution in [-0.2, 0) is 0 Å². The summed E-state index contributed by atoms with van der Waals surface area (Å²) in [5.74, 6) is 0.151. The molecule has 1 aliphatic heterocycles. The van der Waals surface area contributed by atoms with Crippen molar-refractivity contribution in [3.63, 3.8) is 0 Å². The van der Waals surface area contributed by atoms with Crippen LogP contribution in [0, 0.1) is 0 Å². The van der Waals surface area contributed by atoms with E-state index in [9.17, 15) is 9.90 Å². The van der Waals surface area contributed by atoms with Crippen LogP contribution in [0.4, 0.5) is 0 Å². The van der Waals surface area contributed by atoms with Gasteiger partial charge in [-0.1, -0.05) is 23.2 Å². The predicted octanol–water partition coefficient (Wildman–Crippen LogP) is 2.21. The molecule has 0 aliphatic carbocycles. The van der Waals surface area contributed by atoms with Crippen molar-refractivity contribution in [2.45, 2.75) is 12.5 Å². The lowest BCUT2D eigenvalue weighted by Crippen LogP contribution is -2.61. The maximum absolute atomic E-state index is 12.1. The van der Waals surface area contributed by atoms with Crippen LogP contribution in [0.3, 0.4) is 0 Å². The average Bonchev–Trinajstić information content (AvgIpc) is 2.24. The molecule has 98 valence electrons. The van der Waals surface area contributed by atoms with Crippen LogP contribution < -0.4 is 4.74 Å². The molecule has 1 saturated heterocycles. The van der Waals surface area contributed by atoms with E-state index in [1.807, 2.05) is 0 Å². The Morgan fingerprint density at radius 1 is 1.39 bits per heavy atom. The van der Waals surface area contributed by atoms with Crippen LogP contribution in [0.25, 0.3) is 0 Å². The Hall–Kier alpha value is -0.970. The van der Waals surface area contributed by atoms with Gasteiger partial charge in [0.1, 0.15) is 0 Å². The number of hydrogen-bond donors (Lipinski definition) is 1. The summed E-state index contributed by atoms with van der Waals surface area (Å²) in [6.07, 6.45) is 0. The van der Waals surface area contributed by atoms with Crippen molar-refractivity contribution in [3.8, 4) is 5.75 Å². The molecule has 1 aromatic carbocycles. The first-order valence-corrected chi connectivity index (χ1v) is 6.14. The molecule has 1 fully saturated rings. The number of benzene rings is 1. The number of ether oxygens (including phenoxy) is 1. The van der Waals surface area contributed by atoms with E-state index in [2.05, 4.69) is 0 Å². The Bertz CT molecular complexity index is 471. The summed E-state index contributed by atoms with van der Waals surface area (Å²) in [5.41, 5.74) is -0.406. The minimum absolute atomic E-state index is 0.201. The molecule has 1 aliphatic rings. The van der Waals surface area contributed by atoms with Crippen LogP contribution in [0.2, 0.25) is 10.0 Å². The lowest BCUT2D eigenvalue weighted by Gasteiger charge is -2.44. The first kappa shape index (κ1) is 13.5. The Balaban J connectivity index is 2.22. The van der Waals surface area contributed by atoms with Crippen molar-refractivity contribution in [2.24, 2.45) is 0 Å². The van der Waals surface area contributed by atoms with Gasteiger partial charge < -0.3 is 14.7 Å². The van der Waals surface area contributed by atoms with Gasteiger partial charge in [-0.25, -0.2) is 0 Å². The van der Waals surface area contributed by atoms with Crippen molar-refractivity contribution in [3.05, 3.63) is 27.7 Å². The molecule has 6 heteroatoms. The second-order valence-corrected chi connectivity index (χ2v) is 5.45. The number of β-amino-alcohol motifs (C(OH)–C–C–N with tert-alkyl or cyclic N) is 1. The fourth-order valence-electron chi connectivity index (χ4n) is 1.98. The second-order valence-electron chi connectivity index (χ2n) is 4.63. The zero-order valence-corrected chi connectivity index (χ0v) is 11.5. The number of carbonyl (C=O) groups excluding carboxylic acids is 1. The van der Waals surface area contributed by atoms with Crippen molar-refractivity contribution in [1.29, 1.82) is 0 Å². The molecule has 0 bridgehead atoms. The Kier molecular flexibility index (Phi) is 3.45. The van der Waals surface area contributed by atoms with Gasteiger partial charge in [0.2, 0.25) is 0 Å². The number of methoxy groups -OCH3 is 1. The van der Waals surface area contributed by atoms with Gasteiger partial charge in [-0.05, 0) is 19.1 Å². The Labute approximate surface area is 115 Å². The topological polar surface area (TPSA) is 49.8 Å². The molecule has 18 heavy (non-hydrogen) atoms. The van der Waals surface area contributed by atoms with Gasteiger partial charge in [0.15, 0.2) is 5.75 Å². The quantitative estimate of drug-likeness (QED) is 0.908. The molecule has 4 nitrogen and oxygen atoms in total. The first-order valence-electron chi connectivity index (χ1n) is 5.39. The largest absolute Gasteiger partial charge is 0.494 e. The summed E-state index contributed by atoms with van der Waals surface area (Å²) in [5, 5.41) is 10.2. The molecule has 0 unspecified atom stereocenters. The summed E-state index contributed by atoms with van der Waals surface area (Å²) >= 11 is 11.9. The number of carbonyl (C=O) groups is 1. The summed E-state index contributed by atoms with van der Waals surface area (Å²) in [6, 6.07) is 3.03. The fourth-order valence-corrected chi connectivity index (χ4v) is 2.62. The monoisotopic (exact) mass is 289 g/mol. The number of rotatable bonds is 2. The highest BCUT2D eigenvalue weighted by molar-refractivity contribution is 6.37. The van der Waals surface area contributed by atoms with Crippen LogP contribution in [-0.4, -0.2) is 41.7 Å².